The SMILES string of the molecule is O=C(CCc1ccc(S(=O)(=O)N2CCCC2)cc1)Nc1ccc2oc(=O)ccc2c1. The van der Waals surface area contributed by atoms with Gasteiger partial charge in [-0.1, -0.05) is 12.1 Å². The number of nitrogens with one attached hydrogen (secondary N) is 1. The number of amides is 1. The number of rotatable bonds is 6. The van der Waals surface area contributed by atoms with Crippen LogP contribution in [0.1, 0.15) is 24.8 Å². The molecule has 0 bridgehead atoms. The van der Waals surface area contributed by atoms with Gasteiger partial charge in [0.25, 0.3) is 0 Å². The highest BCUT2D eigenvalue weighted by molar-refractivity contribution is 7.89. The van der Waals surface area contributed by atoms with Gasteiger partial charge in [-0.15, -0.1) is 0 Å². The van der Waals surface area contributed by atoms with E-state index in [4.69, 9.17) is 4.42 Å². The van der Waals surface area contributed by atoms with Crippen LogP contribution in [0.5, 0.6) is 0 Å². The van der Waals surface area contributed by atoms with Crippen LogP contribution >= 0.6 is 0 Å². The maximum atomic E-state index is 12.6. The van der Waals surface area contributed by atoms with E-state index in [9.17, 15) is 18.0 Å². The van der Waals surface area contributed by atoms with E-state index in [0.29, 0.717) is 35.7 Å². The molecule has 0 saturated carbocycles. The van der Waals surface area contributed by atoms with Crippen molar-refractivity contribution >= 4 is 32.6 Å². The molecule has 30 heavy (non-hydrogen) atoms. The number of carbonyl (C=O) groups is 1. The second kappa shape index (κ2) is 8.41. The summed E-state index contributed by atoms with van der Waals surface area (Å²) < 4.78 is 31.7. The zero-order chi connectivity index (χ0) is 21.1. The lowest BCUT2D eigenvalue weighted by molar-refractivity contribution is -0.116. The molecule has 1 aliphatic heterocycles. The molecule has 156 valence electrons. The van der Waals surface area contributed by atoms with E-state index in [1.54, 1.807) is 48.5 Å². The van der Waals surface area contributed by atoms with Gasteiger partial charge in [-0.05, 0) is 61.2 Å². The van der Waals surface area contributed by atoms with E-state index < -0.39 is 15.6 Å². The highest BCUT2D eigenvalue weighted by Gasteiger charge is 2.26. The molecule has 0 atom stereocenters. The van der Waals surface area contributed by atoms with E-state index in [2.05, 4.69) is 5.32 Å². The Labute approximate surface area is 174 Å². The van der Waals surface area contributed by atoms with Crippen molar-refractivity contribution in [3.05, 3.63) is 70.6 Å². The number of aryl methyl sites for hydroxylation is 1. The van der Waals surface area contributed by atoms with Crippen LogP contribution in [0, 0.1) is 0 Å². The first-order valence-corrected chi connectivity index (χ1v) is 11.3. The zero-order valence-corrected chi connectivity index (χ0v) is 17.2. The molecule has 1 aromatic heterocycles. The number of hydrogen-bond donors (Lipinski definition) is 1. The molecule has 0 radical (unpaired) electrons. The Hall–Kier alpha value is -2.97. The highest BCUT2D eigenvalue weighted by Crippen LogP contribution is 2.22. The van der Waals surface area contributed by atoms with E-state index in [-0.39, 0.29) is 12.3 Å². The summed E-state index contributed by atoms with van der Waals surface area (Å²) in [5.41, 5.74) is 1.56. The average molecular weight is 426 g/mol. The molecule has 2 heterocycles. The summed E-state index contributed by atoms with van der Waals surface area (Å²) >= 11 is 0. The van der Waals surface area contributed by atoms with Crippen LogP contribution in [0.2, 0.25) is 0 Å². The lowest BCUT2D eigenvalue weighted by atomic mass is 10.1. The Morgan fingerprint density at radius 2 is 1.73 bits per heavy atom. The molecular formula is C22H22N2O5S. The molecule has 4 rings (SSSR count). The van der Waals surface area contributed by atoms with Gasteiger partial charge in [-0.2, -0.15) is 4.31 Å². The number of carbonyl (C=O) groups excluding carboxylic acids is 1. The Bertz CT molecular complexity index is 1230. The highest BCUT2D eigenvalue weighted by atomic mass is 32.2. The monoisotopic (exact) mass is 426 g/mol. The summed E-state index contributed by atoms with van der Waals surface area (Å²) in [6.07, 6.45) is 2.56. The Kier molecular flexibility index (Phi) is 5.69. The van der Waals surface area contributed by atoms with Crippen LogP contribution in [0.25, 0.3) is 11.0 Å². The minimum absolute atomic E-state index is 0.152. The molecule has 0 spiro atoms. The number of benzene rings is 2. The minimum atomic E-state index is -3.42. The predicted octanol–water partition coefficient (Wildman–Crippen LogP) is 3.15. The van der Waals surface area contributed by atoms with Gasteiger partial charge in [0.1, 0.15) is 5.58 Å². The van der Waals surface area contributed by atoms with Crippen molar-refractivity contribution in [2.24, 2.45) is 0 Å². The number of hydrogen-bond acceptors (Lipinski definition) is 5. The van der Waals surface area contributed by atoms with Crippen molar-refractivity contribution in [2.45, 2.75) is 30.6 Å². The number of nitrogens with zero attached hydrogens (tertiary/aromatic N) is 1. The molecule has 3 aromatic rings. The van der Waals surface area contributed by atoms with Crippen molar-refractivity contribution in [3.63, 3.8) is 0 Å². The Morgan fingerprint density at radius 3 is 2.47 bits per heavy atom. The number of anilines is 1. The standard InChI is InChI=1S/C22H22N2O5S/c25-21(23-18-7-10-20-17(15-18)6-12-22(26)29-20)11-5-16-3-8-19(9-4-16)30(27,28)24-13-1-2-14-24/h3-4,6-10,12,15H,1-2,5,11,13-14H2,(H,23,25). The molecule has 7 nitrogen and oxygen atoms in total. The smallest absolute Gasteiger partial charge is 0.336 e. The normalized spacial score (nSPS) is 14.8. The summed E-state index contributed by atoms with van der Waals surface area (Å²) in [7, 11) is -3.42. The van der Waals surface area contributed by atoms with Crippen LogP contribution in [0.3, 0.4) is 0 Å². The molecule has 1 N–H and O–H groups in total. The third-order valence-electron chi connectivity index (χ3n) is 5.17. The number of fused-ring (bicyclic) bond motifs is 1. The summed E-state index contributed by atoms with van der Waals surface area (Å²) in [5.74, 6) is -0.152. The van der Waals surface area contributed by atoms with Crippen molar-refractivity contribution in [1.29, 1.82) is 0 Å². The maximum absolute atomic E-state index is 12.6. The van der Waals surface area contributed by atoms with Gasteiger partial charge in [0.05, 0.1) is 4.90 Å². The lowest BCUT2D eigenvalue weighted by Gasteiger charge is -2.15. The first-order valence-electron chi connectivity index (χ1n) is 9.85. The second-order valence-corrected chi connectivity index (χ2v) is 9.25. The van der Waals surface area contributed by atoms with Crippen molar-refractivity contribution in [3.8, 4) is 0 Å². The molecule has 0 unspecified atom stereocenters. The summed E-state index contributed by atoms with van der Waals surface area (Å²) in [4.78, 5) is 23.8. The largest absolute Gasteiger partial charge is 0.423 e. The zero-order valence-electron chi connectivity index (χ0n) is 16.3. The van der Waals surface area contributed by atoms with Gasteiger partial charge >= 0.3 is 5.63 Å². The van der Waals surface area contributed by atoms with Crippen LogP contribution in [0.15, 0.2) is 68.7 Å². The molecule has 1 aliphatic rings. The molecular weight excluding hydrogens is 404 g/mol. The van der Waals surface area contributed by atoms with Gasteiger partial charge in [0.15, 0.2) is 0 Å². The van der Waals surface area contributed by atoms with Crippen molar-refractivity contribution in [2.75, 3.05) is 18.4 Å². The van der Waals surface area contributed by atoms with Crippen LogP contribution < -0.4 is 10.9 Å². The average Bonchev–Trinajstić information content (AvgIpc) is 3.29. The fourth-order valence-corrected chi connectivity index (χ4v) is 5.05. The molecule has 8 heteroatoms. The summed E-state index contributed by atoms with van der Waals surface area (Å²) in [6.45, 7) is 1.15. The first-order chi connectivity index (χ1) is 14.4. The summed E-state index contributed by atoms with van der Waals surface area (Å²) in [5, 5.41) is 3.55. The van der Waals surface area contributed by atoms with Gasteiger partial charge in [0.2, 0.25) is 15.9 Å². The quantitative estimate of drug-likeness (QED) is 0.611. The van der Waals surface area contributed by atoms with E-state index in [1.165, 1.54) is 10.4 Å². The number of sulfonamides is 1. The van der Waals surface area contributed by atoms with Crippen LogP contribution in [-0.2, 0) is 21.2 Å². The third kappa shape index (κ3) is 4.44. The topological polar surface area (TPSA) is 96.7 Å². The molecule has 1 amide bonds. The fourth-order valence-electron chi connectivity index (χ4n) is 3.54. The van der Waals surface area contributed by atoms with Gasteiger partial charge < -0.3 is 9.73 Å². The third-order valence-corrected chi connectivity index (χ3v) is 7.08. The van der Waals surface area contributed by atoms with Crippen molar-refractivity contribution < 1.29 is 17.6 Å². The lowest BCUT2D eigenvalue weighted by Crippen LogP contribution is -2.27. The van der Waals surface area contributed by atoms with Gasteiger partial charge in [-0.3, -0.25) is 4.79 Å². The minimum Gasteiger partial charge on any atom is -0.423 e. The van der Waals surface area contributed by atoms with Crippen molar-refractivity contribution in [1.82, 2.24) is 4.31 Å². The van der Waals surface area contributed by atoms with E-state index in [1.807, 2.05) is 0 Å². The Balaban J connectivity index is 1.36. The molecule has 2 aromatic carbocycles. The fraction of sp³-hybridized carbons (Fsp3) is 0.273. The molecule has 1 saturated heterocycles. The Morgan fingerprint density at radius 1 is 1.00 bits per heavy atom. The second-order valence-electron chi connectivity index (χ2n) is 7.31. The van der Waals surface area contributed by atoms with Gasteiger partial charge in [-0.25, -0.2) is 13.2 Å². The maximum Gasteiger partial charge on any atom is 0.336 e. The van der Waals surface area contributed by atoms with Crippen LogP contribution in [-0.4, -0.2) is 31.7 Å². The molecule has 0 aliphatic carbocycles. The first kappa shape index (κ1) is 20.3. The van der Waals surface area contributed by atoms with Crippen LogP contribution in [0.4, 0.5) is 5.69 Å². The molecule has 1 fully saturated rings. The predicted molar refractivity (Wildman–Crippen MR) is 114 cm³/mol. The van der Waals surface area contributed by atoms with E-state index >= 15 is 0 Å². The van der Waals surface area contributed by atoms with E-state index in [0.717, 1.165) is 23.8 Å². The summed E-state index contributed by atoms with van der Waals surface area (Å²) in [6, 6.07) is 14.8. The van der Waals surface area contributed by atoms with Gasteiger partial charge in [0, 0.05) is 36.7 Å².